The van der Waals surface area contributed by atoms with E-state index in [0.29, 0.717) is 77.7 Å². The number of ether oxygens (including phenoxy) is 4. The minimum atomic E-state index is -0.0144. The fourth-order valence-electron chi connectivity index (χ4n) is 4.54. The number of amides is 1. The second kappa shape index (κ2) is 33.2. The predicted molar refractivity (Wildman–Crippen MR) is 170 cm³/mol. The quantitative estimate of drug-likeness (QED) is 0.0825. The number of unbranched alkanes of at least 4 members (excludes halogenated alkanes) is 13. The number of hydrogen-bond acceptors (Lipinski definition) is 8. The number of ketones is 3. The van der Waals surface area contributed by atoms with Crippen molar-refractivity contribution in [2.24, 2.45) is 0 Å². The minimum absolute atomic E-state index is 0.0144. The maximum absolute atomic E-state index is 12.0. The van der Waals surface area contributed by atoms with Gasteiger partial charge in [-0.3, -0.25) is 19.2 Å². The van der Waals surface area contributed by atoms with Crippen LogP contribution in [0.25, 0.3) is 0 Å². The monoisotopic (exact) mass is 613 g/mol. The van der Waals surface area contributed by atoms with E-state index in [-0.39, 0.29) is 30.7 Å². The summed E-state index contributed by atoms with van der Waals surface area (Å²) < 4.78 is 21.2. The molecule has 9 heteroatoms. The second-order valence-corrected chi connectivity index (χ2v) is 11.4. The van der Waals surface area contributed by atoms with Crippen molar-refractivity contribution in [1.29, 1.82) is 0 Å². The molecule has 0 rings (SSSR count). The molecule has 0 aromatic carbocycles. The van der Waals surface area contributed by atoms with E-state index in [1.165, 1.54) is 77.6 Å². The van der Waals surface area contributed by atoms with Gasteiger partial charge in [0.2, 0.25) is 5.91 Å². The highest BCUT2D eigenvalue weighted by molar-refractivity contribution is 5.79. The first kappa shape index (κ1) is 41.3. The van der Waals surface area contributed by atoms with E-state index in [2.05, 4.69) is 5.32 Å². The summed E-state index contributed by atoms with van der Waals surface area (Å²) in [5.41, 5.74) is 0. The molecule has 0 aromatic heterocycles. The maximum Gasteiger partial charge on any atom is 0.220 e. The van der Waals surface area contributed by atoms with Crippen molar-refractivity contribution in [1.82, 2.24) is 5.32 Å². The highest BCUT2D eigenvalue weighted by atomic mass is 16.5. The molecule has 0 atom stereocenters. The van der Waals surface area contributed by atoms with E-state index in [0.717, 1.165) is 25.7 Å². The Kier molecular flexibility index (Phi) is 31.9. The summed E-state index contributed by atoms with van der Waals surface area (Å²) in [6.07, 6.45) is 20.3. The van der Waals surface area contributed by atoms with Crippen LogP contribution in [0.2, 0.25) is 0 Å². The third-order valence-corrected chi connectivity index (χ3v) is 7.13. The van der Waals surface area contributed by atoms with E-state index in [1.807, 2.05) is 6.92 Å². The predicted octanol–water partition coefficient (Wildman–Crippen LogP) is 6.33. The van der Waals surface area contributed by atoms with Crippen molar-refractivity contribution in [3.05, 3.63) is 0 Å². The van der Waals surface area contributed by atoms with Gasteiger partial charge in [-0.15, -0.1) is 0 Å². The first-order valence-electron chi connectivity index (χ1n) is 17.1. The number of carbonyl (C=O) groups is 4. The average molecular weight is 614 g/mol. The van der Waals surface area contributed by atoms with Crippen molar-refractivity contribution in [3.8, 4) is 0 Å². The average Bonchev–Trinajstić information content (AvgIpc) is 2.99. The van der Waals surface area contributed by atoms with Crippen LogP contribution in [0.3, 0.4) is 0 Å². The number of nitrogens with one attached hydrogen (secondary N) is 1. The van der Waals surface area contributed by atoms with Gasteiger partial charge in [-0.1, -0.05) is 84.0 Å². The van der Waals surface area contributed by atoms with E-state index in [1.54, 1.807) is 0 Å². The number of hydrogen-bond donors (Lipinski definition) is 1. The molecule has 0 fully saturated rings. The first-order chi connectivity index (χ1) is 21.0. The largest absolute Gasteiger partial charge is 0.379 e. The Bertz CT molecular complexity index is 685. The number of carbonyl (C=O) groups excluding carboxylic acids is 4. The minimum Gasteiger partial charge on any atom is -0.379 e. The molecule has 0 aromatic rings. The van der Waals surface area contributed by atoms with Gasteiger partial charge in [0.05, 0.1) is 33.0 Å². The standard InChI is InChI=1S/C34H63NO8/c1-3-32(37)19-16-14-12-10-8-6-4-5-7-9-11-13-15-17-21-34(39)35-22-24-41-26-28-43-30-33(38)20-18-23-40-25-27-42-29-31(2)36/h3-30H2,1-2H3,(H,35,39). The van der Waals surface area contributed by atoms with Gasteiger partial charge in [0, 0.05) is 38.8 Å². The van der Waals surface area contributed by atoms with Crippen molar-refractivity contribution >= 4 is 23.3 Å². The summed E-state index contributed by atoms with van der Waals surface area (Å²) in [7, 11) is 0. The lowest BCUT2D eigenvalue weighted by Gasteiger charge is -2.08. The molecule has 1 N–H and O–H groups in total. The van der Waals surface area contributed by atoms with Crippen LogP contribution in [-0.2, 0) is 38.1 Å². The summed E-state index contributed by atoms with van der Waals surface area (Å²) in [5.74, 6) is 0.486. The van der Waals surface area contributed by atoms with Gasteiger partial charge < -0.3 is 24.3 Å². The summed E-state index contributed by atoms with van der Waals surface area (Å²) in [6.45, 7) is 6.47. The molecule has 0 saturated heterocycles. The zero-order valence-corrected chi connectivity index (χ0v) is 27.6. The molecule has 0 aliphatic rings. The third kappa shape index (κ3) is 34.7. The summed E-state index contributed by atoms with van der Waals surface area (Å²) in [5, 5.41) is 2.89. The first-order valence-corrected chi connectivity index (χ1v) is 17.1. The molecule has 0 radical (unpaired) electrons. The van der Waals surface area contributed by atoms with E-state index in [9.17, 15) is 19.2 Å². The molecule has 43 heavy (non-hydrogen) atoms. The Hall–Kier alpha value is -1.68. The van der Waals surface area contributed by atoms with Crippen molar-refractivity contribution in [2.75, 3.05) is 59.4 Å². The molecular formula is C34H63NO8. The van der Waals surface area contributed by atoms with Gasteiger partial charge in [0.25, 0.3) is 0 Å². The smallest absolute Gasteiger partial charge is 0.220 e. The Morgan fingerprint density at radius 1 is 0.465 bits per heavy atom. The topological polar surface area (TPSA) is 117 Å². The molecule has 0 saturated carbocycles. The lowest BCUT2D eigenvalue weighted by atomic mass is 10.0. The van der Waals surface area contributed by atoms with Crippen molar-refractivity contribution < 1.29 is 38.1 Å². The number of rotatable bonds is 35. The molecule has 252 valence electrons. The zero-order chi connectivity index (χ0) is 31.6. The van der Waals surface area contributed by atoms with E-state index < -0.39 is 0 Å². The fraction of sp³-hybridized carbons (Fsp3) is 0.882. The molecule has 0 aliphatic heterocycles. The van der Waals surface area contributed by atoms with Gasteiger partial charge in [-0.05, 0) is 26.2 Å². The van der Waals surface area contributed by atoms with Crippen LogP contribution in [0.15, 0.2) is 0 Å². The van der Waals surface area contributed by atoms with Crippen LogP contribution in [0, 0.1) is 0 Å². The van der Waals surface area contributed by atoms with Crippen LogP contribution in [0.1, 0.15) is 136 Å². The van der Waals surface area contributed by atoms with Crippen LogP contribution in [-0.4, -0.2) is 82.7 Å². The molecule has 1 amide bonds. The fourth-order valence-corrected chi connectivity index (χ4v) is 4.54. The van der Waals surface area contributed by atoms with Gasteiger partial charge in [0.1, 0.15) is 19.0 Å². The molecule has 9 nitrogen and oxygen atoms in total. The SMILES string of the molecule is CCC(=O)CCCCCCCCCCCCCCCCC(=O)NCCOCCOCC(=O)CCCOCCOCC(C)=O. The van der Waals surface area contributed by atoms with Gasteiger partial charge >= 0.3 is 0 Å². The van der Waals surface area contributed by atoms with Gasteiger partial charge in [0.15, 0.2) is 11.6 Å². The van der Waals surface area contributed by atoms with Crippen molar-refractivity contribution in [2.45, 2.75) is 136 Å². The molecular weight excluding hydrogens is 550 g/mol. The van der Waals surface area contributed by atoms with Crippen LogP contribution >= 0.6 is 0 Å². The Morgan fingerprint density at radius 2 is 0.907 bits per heavy atom. The number of Topliss-reactive ketones (excluding diaryl/α,β-unsaturated/α-hetero) is 3. The second-order valence-electron chi connectivity index (χ2n) is 11.4. The third-order valence-electron chi connectivity index (χ3n) is 7.13. The maximum atomic E-state index is 12.0. The Labute approximate surface area is 261 Å². The molecule has 0 heterocycles. The highest BCUT2D eigenvalue weighted by Crippen LogP contribution is 2.14. The molecule has 0 aliphatic carbocycles. The van der Waals surface area contributed by atoms with E-state index >= 15 is 0 Å². The van der Waals surface area contributed by atoms with Gasteiger partial charge in [-0.25, -0.2) is 0 Å². The van der Waals surface area contributed by atoms with Crippen molar-refractivity contribution in [3.63, 3.8) is 0 Å². The van der Waals surface area contributed by atoms with Crippen LogP contribution in [0.4, 0.5) is 0 Å². The highest BCUT2D eigenvalue weighted by Gasteiger charge is 2.04. The summed E-state index contributed by atoms with van der Waals surface area (Å²) in [6, 6.07) is 0. The lowest BCUT2D eigenvalue weighted by molar-refractivity contribution is -0.125. The molecule has 0 spiro atoms. The Balaban J connectivity index is 3.26. The van der Waals surface area contributed by atoms with Crippen LogP contribution < -0.4 is 5.32 Å². The van der Waals surface area contributed by atoms with Crippen LogP contribution in [0.5, 0.6) is 0 Å². The molecule has 0 bridgehead atoms. The van der Waals surface area contributed by atoms with E-state index in [4.69, 9.17) is 18.9 Å². The normalized spacial score (nSPS) is 11.1. The molecule has 0 unspecified atom stereocenters. The van der Waals surface area contributed by atoms with Gasteiger partial charge in [-0.2, -0.15) is 0 Å². The zero-order valence-electron chi connectivity index (χ0n) is 27.6. The lowest BCUT2D eigenvalue weighted by Crippen LogP contribution is -2.27. The summed E-state index contributed by atoms with van der Waals surface area (Å²) in [4.78, 5) is 45.8. The Morgan fingerprint density at radius 3 is 1.44 bits per heavy atom. The summed E-state index contributed by atoms with van der Waals surface area (Å²) >= 11 is 0.